The number of alkyl halides is 3. The predicted octanol–water partition coefficient (Wildman–Crippen LogP) is 6.70. The van der Waals surface area contributed by atoms with Gasteiger partial charge in [-0.15, -0.1) is 0 Å². The van der Waals surface area contributed by atoms with Gasteiger partial charge in [0.1, 0.15) is 23.6 Å². The summed E-state index contributed by atoms with van der Waals surface area (Å²) in [7, 11) is 1.20. The van der Waals surface area contributed by atoms with Crippen molar-refractivity contribution in [1.82, 2.24) is 4.90 Å². The van der Waals surface area contributed by atoms with E-state index in [2.05, 4.69) is 0 Å². The number of cyclic esters (lactones) is 1. The number of rotatable bonds is 14. The third-order valence-electron chi connectivity index (χ3n) is 15.1. The number of hydrogen-bond acceptors (Lipinski definition) is 18. The van der Waals surface area contributed by atoms with Crippen LogP contribution >= 0.6 is 0 Å². The highest BCUT2D eigenvalue weighted by Gasteiger charge is 2.70. The van der Waals surface area contributed by atoms with E-state index in [0.29, 0.717) is 12.7 Å². The van der Waals surface area contributed by atoms with Crippen LogP contribution in [0.25, 0.3) is 0 Å². The summed E-state index contributed by atoms with van der Waals surface area (Å²) < 4.78 is 135. The topological polar surface area (TPSA) is 218 Å². The van der Waals surface area contributed by atoms with Crippen LogP contribution in [0.4, 0.5) is 13.2 Å². The molecule has 0 aliphatic carbocycles. The van der Waals surface area contributed by atoms with E-state index in [4.69, 9.17) is 46.8 Å². The molecule has 3 saturated heterocycles. The van der Waals surface area contributed by atoms with Gasteiger partial charge in [0.2, 0.25) is 5.60 Å². The predicted molar refractivity (Wildman–Crippen MR) is 264 cm³/mol. The minimum Gasteiger partial charge on any atom is -0.458 e. The van der Waals surface area contributed by atoms with Gasteiger partial charge in [-0.05, 0) is 92.2 Å². The molecule has 75 heavy (non-hydrogen) atoms. The Labute approximate surface area is 438 Å². The van der Waals surface area contributed by atoms with Gasteiger partial charge in [0.25, 0.3) is 10.1 Å². The van der Waals surface area contributed by atoms with E-state index in [1.165, 1.54) is 35.0 Å². The third kappa shape index (κ3) is 13.8. The van der Waals surface area contributed by atoms with Crippen LogP contribution in [0.15, 0.2) is 60.7 Å². The summed E-state index contributed by atoms with van der Waals surface area (Å²) in [6.45, 7) is 13.2. The number of esters is 3. The lowest BCUT2D eigenvalue weighted by atomic mass is 9.73. The van der Waals surface area contributed by atoms with E-state index in [9.17, 15) is 32.7 Å². The molecule has 2 aromatic rings. The number of carbonyl (C=O) groups is 4. The number of hydrogen-bond donors (Lipinski definition) is 1. The van der Waals surface area contributed by atoms with E-state index >= 15 is 13.2 Å². The second-order valence-corrected chi connectivity index (χ2v) is 22.6. The van der Waals surface area contributed by atoms with Gasteiger partial charge in [0.15, 0.2) is 24.8 Å². The maximum Gasteiger partial charge on any atom is 0.425 e. The zero-order valence-corrected chi connectivity index (χ0v) is 46.0. The molecule has 0 aromatic heterocycles. The highest BCUT2D eigenvalue weighted by atomic mass is 32.2. The lowest BCUT2D eigenvalue weighted by molar-refractivity contribution is -0.322. The number of carbonyl (C=O) groups excluding carboxylic acids is 4. The molecule has 2 aromatic carbocycles. The maximum absolute atomic E-state index is 15.9. The molecule has 0 bridgehead atoms. The van der Waals surface area contributed by atoms with Gasteiger partial charge >= 0.3 is 24.1 Å². The van der Waals surface area contributed by atoms with Crippen molar-refractivity contribution in [2.24, 2.45) is 23.7 Å². The number of benzene rings is 2. The highest BCUT2D eigenvalue weighted by molar-refractivity contribution is 7.86. The van der Waals surface area contributed by atoms with E-state index in [1.54, 1.807) is 102 Å². The second kappa shape index (κ2) is 24.7. The number of methoxy groups -OCH3 is 2. The van der Waals surface area contributed by atoms with E-state index < -0.39 is 154 Å². The second-order valence-electron chi connectivity index (χ2n) is 21.0. The molecule has 3 heterocycles. The molecule has 2 unspecified atom stereocenters. The van der Waals surface area contributed by atoms with Gasteiger partial charge in [-0.25, -0.2) is 13.8 Å². The summed E-state index contributed by atoms with van der Waals surface area (Å²) in [5.74, 6) is -9.68. The van der Waals surface area contributed by atoms with Crippen molar-refractivity contribution in [3.8, 4) is 0 Å². The number of likely N-dealkylation sites (N-methyl/N-ethyl adjacent to an activating group) is 1. The molecule has 3 aliphatic heterocycles. The van der Waals surface area contributed by atoms with Gasteiger partial charge in [-0.3, -0.25) is 9.59 Å². The number of Topliss-reactive ketones (excluding diaryl/α,β-unsaturated/α-hetero) is 1. The smallest absolute Gasteiger partial charge is 0.425 e. The Kier molecular flexibility index (Phi) is 20.3. The van der Waals surface area contributed by atoms with Crippen molar-refractivity contribution in [3.63, 3.8) is 0 Å². The van der Waals surface area contributed by atoms with Crippen molar-refractivity contribution < 1.29 is 92.7 Å². The lowest BCUT2D eigenvalue weighted by Gasteiger charge is -2.50. The Morgan fingerprint density at radius 2 is 1.32 bits per heavy atom. The minimum atomic E-state index is -5.78. The largest absolute Gasteiger partial charge is 0.458 e. The summed E-state index contributed by atoms with van der Waals surface area (Å²) >= 11 is 0. The average Bonchev–Trinajstić information content (AvgIpc) is 3.35. The Bertz CT molecular complexity index is 2370. The van der Waals surface area contributed by atoms with Crippen LogP contribution in [0.2, 0.25) is 0 Å². The van der Waals surface area contributed by atoms with Crippen LogP contribution in [-0.2, 0) is 66.5 Å². The molecule has 422 valence electrons. The maximum atomic E-state index is 15.9. The number of aliphatic hydroxyl groups excluding tert-OH is 1. The fraction of sp³-hybridized carbons (Fsp3) is 0.698. The Morgan fingerprint density at radius 3 is 1.81 bits per heavy atom. The van der Waals surface area contributed by atoms with Crippen molar-refractivity contribution in [2.45, 2.75) is 178 Å². The molecular weight excluding hydrogens is 1010 g/mol. The summed E-state index contributed by atoms with van der Waals surface area (Å²) in [5.41, 5.74) is -6.70. The molecule has 3 aliphatic rings. The number of nitrogens with zero attached hydrogens (tertiary/aromatic N) is 1. The van der Waals surface area contributed by atoms with Crippen LogP contribution in [0.1, 0.15) is 109 Å². The van der Waals surface area contributed by atoms with Gasteiger partial charge in [-0.1, -0.05) is 64.1 Å². The molecule has 3 fully saturated rings. The third-order valence-corrected chi connectivity index (χ3v) is 15.7. The minimum absolute atomic E-state index is 0.156. The number of aliphatic hydroxyl groups is 1. The normalized spacial score (nSPS) is 37.8. The first-order valence-corrected chi connectivity index (χ1v) is 27.0. The molecule has 1 N–H and O–H groups in total. The number of halogens is 3. The summed E-state index contributed by atoms with van der Waals surface area (Å²) in [6, 6.07) is 16.0. The van der Waals surface area contributed by atoms with Crippen molar-refractivity contribution in [3.05, 3.63) is 71.8 Å². The average molecular weight is 1090 g/mol. The van der Waals surface area contributed by atoms with Crippen LogP contribution < -0.4 is 0 Å². The molecule has 18 atom stereocenters. The van der Waals surface area contributed by atoms with Crippen LogP contribution in [-0.4, -0.2) is 167 Å². The zero-order valence-electron chi connectivity index (χ0n) is 45.2. The number of ketones is 1. The lowest BCUT2D eigenvalue weighted by Crippen LogP contribution is -2.68. The monoisotopic (exact) mass is 1090 g/mol. The van der Waals surface area contributed by atoms with Gasteiger partial charge < -0.3 is 52.6 Å². The van der Waals surface area contributed by atoms with Crippen LogP contribution in [0.3, 0.4) is 0 Å². The van der Waals surface area contributed by atoms with Gasteiger partial charge in [0, 0.05) is 38.4 Å². The number of ether oxygens (including phenoxy) is 9. The van der Waals surface area contributed by atoms with E-state index in [1.807, 2.05) is 11.8 Å². The standard InChI is InChI=1S/C53H76F3NO17S/c1-15-38-52(53(54,55)56,74-75(14,63)64)43(59)31(4)40(58)29(2)27-50(8,65-12)44(73-49-42(37(57(10)11)26-30(3)67-49)71-47(61)35-22-18-16-19-23-35)32(5)41(33(6)46(60)69-38)70-39-28-51(9,66-13)45(34(7)68-39)72-48(62)36-24-20-17-21-25-36/h16-25,29-34,37-39,41-45,49,59H,15,26-28H2,1-14H3/t29-,30-,31+,32+,33-,34+,37+,38-,39?,41+,42-,43-,44-,45+,49?,50+,51-,52+/m1/s1. The zero-order chi connectivity index (χ0) is 56.2. The Balaban J connectivity index is 1.71. The molecule has 0 saturated carbocycles. The van der Waals surface area contributed by atoms with E-state index in [0.717, 1.165) is 6.92 Å². The molecule has 5 rings (SSSR count). The van der Waals surface area contributed by atoms with Crippen molar-refractivity contribution >= 4 is 33.8 Å². The fourth-order valence-electron chi connectivity index (χ4n) is 10.9. The first kappa shape index (κ1) is 61.7. The molecular formula is C53H76F3NO17S. The molecule has 0 radical (unpaired) electrons. The van der Waals surface area contributed by atoms with Gasteiger partial charge in [0.05, 0.1) is 59.4 Å². The van der Waals surface area contributed by atoms with Crippen LogP contribution in [0.5, 0.6) is 0 Å². The highest BCUT2D eigenvalue weighted by Crippen LogP contribution is 2.48. The van der Waals surface area contributed by atoms with Crippen molar-refractivity contribution in [1.29, 1.82) is 0 Å². The molecule has 18 nitrogen and oxygen atoms in total. The summed E-state index contributed by atoms with van der Waals surface area (Å²) in [4.78, 5) is 58.6. The first-order valence-electron chi connectivity index (χ1n) is 25.2. The van der Waals surface area contributed by atoms with E-state index in [-0.39, 0.29) is 24.0 Å². The molecule has 0 amide bonds. The molecule has 22 heteroatoms. The van der Waals surface area contributed by atoms with Crippen molar-refractivity contribution in [2.75, 3.05) is 34.6 Å². The quantitative estimate of drug-likeness (QED) is 0.118. The summed E-state index contributed by atoms with van der Waals surface area (Å²) in [6.07, 6.45) is -21.0. The Morgan fingerprint density at radius 1 is 0.787 bits per heavy atom. The first-order chi connectivity index (χ1) is 34.9. The van der Waals surface area contributed by atoms with Crippen LogP contribution in [0, 0.1) is 23.7 Å². The Hall–Kier alpha value is -4.10. The summed E-state index contributed by atoms with van der Waals surface area (Å²) in [5, 5.41) is 11.9. The molecule has 0 spiro atoms. The van der Waals surface area contributed by atoms with Gasteiger partial charge in [-0.2, -0.15) is 21.6 Å². The fourth-order valence-corrected chi connectivity index (χ4v) is 11.7. The SMILES string of the molecule is CC[C@H]1OC(=O)[C@H](C)[C@@H](OC2C[C@@](C)(OC)[C@@H](OC(=O)c3ccccc3)[C@H](C)O2)[C@H](C)[C@@H](OC2O[C@H](C)C[C@H](N(C)C)[C@H]2OC(=O)c2ccccc2)[C@@](C)(OC)C[C@@H](C)C(=O)[C@H](C)[C@@H](O)[C@]1(OS(C)(=O)=O)C(F)(F)F.